The van der Waals surface area contributed by atoms with Crippen molar-refractivity contribution in [2.24, 2.45) is 0 Å². The number of halogens is 1. The van der Waals surface area contributed by atoms with Gasteiger partial charge in [-0.25, -0.2) is 4.39 Å². The van der Waals surface area contributed by atoms with E-state index in [9.17, 15) is 14.0 Å². The van der Waals surface area contributed by atoms with Gasteiger partial charge in [-0.15, -0.1) is 0 Å². The molecule has 2 amide bonds. The van der Waals surface area contributed by atoms with Crippen molar-refractivity contribution in [3.05, 3.63) is 66.0 Å². The van der Waals surface area contributed by atoms with Crippen LogP contribution in [0.15, 0.2) is 54.6 Å². The molecule has 2 aromatic carbocycles. The van der Waals surface area contributed by atoms with Crippen molar-refractivity contribution in [1.82, 2.24) is 9.80 Å². The summed E-state index contributed by atoms with van der Waals surface area (Å²) in [6.45, 7) is 3.88. The third-order valence-corrected chi connectivity index (χ3v) is 5.85. The lowest BCUT2D eigenvalue weighted by Crippen LogP contribution is -2.54. The van der Waals surface area contributed by atoms with Gasteiger partial charge in [0.05, 0.1) is 0 Å². The van der Waals surface area contributed by atoms with Crippen LogP contribution in [0.5, 0.6) is 0 Å². The highest BCUT2D eigenvalue weighted by Gasteiger charge is 2.39. The van der Waals surface area contributed by atoms with Gasteiger partial charge in [0.15, 0.2) is 0 Å². The molecule has 1 atom stereocenters. The summed E-state index contributed by atoms with van der Waals surface area (Å²) in [6.07, 6.45) is 1.87. The summed E-state index contributed by atoms with van der Waals surface area (Å²) in [6, 6.07) is 15.7. The summed E-state index contributed by atoms with van der Waals surface area (Å²) in [5.41, 5.74) is 1.92. The average molecular weight is 395 g/mol. The maximum Gasteiger partial charge on any atom is 0.245 e. The second kappa shape index (κ2) is 8.74. The maximum atomic E-state index is 13.1. The van der Waals surface area contributed by atoms with Gasteiger partial charge in [0.25, 0.3) is 0 Å². The predicted octanol–water partition coefficient (Wildman–Crippen LogP) is 2.71. The van der Waals surface area contributed by atoms with Crippen LogP contribution in [0, 0.1) is 5.82 Å². The Balaban J connectivity index is 1.31. The van der Waals surface area contributed by atoms with E-state index in [0.717, 1.165) is 37.3 Å². The molecule has 0 saturated carbocycles. The smallest absolute Gasteiger partial charge is 0.245 e. The van der Waals surface area contributed by atoms with Crippen LogP contribution in [0.2, 0.25) is 0 Å². The van der Waals surface area contributed by atoms with E-state index in [4.69, 9.17) is 0 Å². The Kier molecular flexibility index (Phi) is 5.90. The van der Waals surface area contributed by atoms with Crippen LogP contribution in [-0.4, -0.2) is 60.4 Å². The Labute approximate surface area is 170 Å². The van der Waals surface area contributed by atoms with E-state index in [1.165, 1.54) is 12.1 Å². The topological polar surface area (TPSA) is 43.9 Å². The summed E-state index contributed by atoms with van der Waals surface area (Å²) >= 11 is 0. The van der Waals surface area contributed by atoms with Crippen molar-refractivity contribution in [1.29, 1.82) is 0 Å². The van der Waals surface area contributed by atoms with Gasteiger partial charge in [0, 0.05) is 44.8 Å². The van der Waals surface area contributed by atoms with Crippen molar-refractivity contribution in [3.8, 4) is 0 Å². The van der Waals surface area contributed by atoms with Crippen LogP contribution in [0.25, 0.3) is 0 Å². The van der Waals surface area contributed by atoms with Crippen LogP contribution in [0.3, 0.4) is 0 Å². The first-order chi connectivity index (χ1) is 14.1. The minimum absolute atomic E-state index is 0.0208. The van der Waals surface area contributed by atoms with Gasteiger partial charge in [0.2, 0.25) is 11.8 Å². The largest absolute Gasteiger partial charge is 0.338 e. The van der Waals surface area contributed by atoms with Crippen molar-refractivity contribution in [2.75, 3.05) is 37.6 Å². The molecule has 5 nitrogen and oxygen atoms in total. The van der Waals surface area contributed by atoms with Crippen LogP contribution in [-0.2, 0) is 16.0 Å². The summed E-state index contributed by atoms with van der Waals surface area (Å²) in [5.74, 6) is -0.138. The number of benzene rings is 2. The normalized spacial score (nSPS) is 20.3. The number of rotatable bonds is 5. The fourth-order valence-electron chi connectivity index (χ4n) is 4.17. The Morgan fingerprint density at radius 1 is 0.966 bits per heavy atom. The zero-order valence-electron chi connectivity index (χ0n) is 16.5. The van der Waals surface area contributed by atoms with Gasteiger partial charge in [-0.1, -0.05) is 30.3 Å². The summed E-state index contributed by atoms with van der Waals surface area (Å²) in [5, 5.41) is 0. The van der Waals surface area contributed by atoms with Gasteiger partial charge in [-0.05, 0) is 42.7 Å². The highest BCUT2D eigenvalue weighted by atomic mass is 19.1. The molecule has 0 radical (unpaired) electrons. The summed E-state index contributed by atoms with van der Waals surface area (Å²) in [4.78, 5) is 31.4. The Morgan fingerprint density at radius 2 is 1.66 bits per heavy atom. The monoisotopic (exact) mass is 395 g/mol. The number of para-hydroxylation sites is 1. The van der Waals surface area contributed by atoms with Crippen molar-refractivity contribution < 1.29 is 14.0 Å². The number of piperazine rings is 1. The van der Waals surface area contributed by atoms with Crippen molar-refractivity contribution in [3.63, 3.8) is 0 Å². The lowest BCUT2D eigenvalue weighted by molar-refractivity contribution is -0.134. The van der Waals surface area contributed by atoms with E-state index in [1.807, 2.05) is 47.4 Å². The van der Waals surface area contributed by atoms with Crippen LogP contribution in [0.4, 0.5) is 10.1 Å². The fraction of sp³-hybridized carbons (Fsp3) is 0.391. The summed E-state index contributed by atoms with van der Waals surface area (Å²) < 4.78 is 13.0. The number of hydrogen-bond acceptors (Lipinski definition) is 3. The zero-order valence-corrected chi connectivity index (χ0v) is 16.5. The average Bonchev–Trinajstić information content (AvgIpc) is 3.15. The molecule has 6 heteroatoms. The number of anilines is 1. The van der Waals surface area contributed by atoms with Gasteiger partial charge in [-0.2, -0.15) is 0 Å². The molecule has 0 bridgehead atoms. The summed E-state index contributed by atoms with van der Waals surface area (Å²) in [7, 11) is 0. The molecular weight excluding hydrogens is 369 g/mol. The first kappa shape index (κ1) is 19.6. The molecule has 152 valence electrons. The molecule has 29 heavy (non-hydrogen) atoms. The van der Waals surface area contributed by atoms with Gasteiger partial charge >= 0.3 is 0 Å². The molecule has 1 unspecified atom stereocenters. The minimum atomic E-state index is -0.393. The number of hydrogen-bond donors (Lipinski definition) is 0. The molecule has 0 aliphatic carbocycles. The lowest BCUT2D eigenvalue weighted by atomic mass is 10.1. The molecule has 4 rings (SSSR count). The highest BCUT2D eigenvalue weighted by molar-refractivity contribution is 6.03. The lowest BCUT2D eigenvalue weighted by Gasteiger charge is -2.37. The van der Waals surface area contributed by atoms with Gasteiger partial charge in [-0.3, -0.25) is 19.4 Å². The first-order valence-electron chi connectivity index (χ1n) is 10.2. The minimum Gasteiger partial charge on any atom is -0.338 e. The molecule has 2 heterocycles. The molecule has 2 aromatic rings. The van der Waals surface area contributed by atoms with Crippen molar-refractivity contribution >= 4 is 17.5 Å². The maximum absolute atomic E-state index is 13.1. The zero-order chi connectivity index (χ0) is 20.2. The van der Waals surface area contributed by atoms with Gasteiger partial charge in [0.1, 0.15) is 11.9 Å². The molecule has 2 aliphatic heterocycles. The standard InChI is InChI=1S/C23H26FN3O2/c24-19-8-6-18(7-9-19)12-13-25-14-16-26(17-15-25)23(29)21-10-11-22(28)27(21)20-4-2-1-3-5-20/h1-9,21H,10-17H2. The molecule has 2 aliphatic rings. The Hall–Kier alpha value is -2.73. The molecular formula is C23H26FN3O2. The molecule has 2 saturated heterocycles. The Bertz CT molecular complexity index is 848. The number of amides is 2. The molecule has 0 spiro atoms. The third kappa shape index (κ3) is 4.48. The quantitative estimate of drug-likeness (QED) is 0.782. The van der Waals surface area contributed by atoms with E-state index in [-0.39, 0.29) is 17.6 Å². The fourth-order valence-corrected chi connectivity index (χ4v) is 4.17. The molecule has 2 fully saturated rings. The van der Waals surface area contributed by atoms with E-state index in [0.29, 0.717) is 25.9 Å². The molecule has 0 N–H and O–H groups in total. The number of carbonyl (C=O) groups is 2. The van der Waals surface area contributed by atoms with E-state index in [2.05, 4.69) is 4.90 Å². The van der Waals surface area contributed by atoms with E-state index in [1.54, 1.807) is 4.90 Å². The van der Waals surface area contributed by atoms with Crippen LogP contribution in [0.1, 0.15) is 18.4 Å². The van der Waals surface area contributed by atoms with Crippen LogP contribution < -0.4 is 4.90 Å². The second-order valence-corrected chi connectivity index (χ2v) is 7.70. The first-order valence-corrected chi connectivity index (χ1v) is 10.2. The van der Waals surface area contributed by atoms with Crippen molar-refractivity contribution in [2.45, 2.75) is 25.3 Å². The second-order valence-electron chi connectivity index (χ2n) is 7.70. The van der Waals surface area contributed by atoms with Crippen LogP contribution >= 0.6 is 0 Å². The van der Waals surface area contributed by atoms with E-state index >= 15 is 0 Å². The number of carbonyl (C=O) groups excluding carboxylic acids is 2. The predicted molar refractivity (Wildman–Crippen MR) is 110 cm³/mol. The van der Waals surface area contributed by atoms with E-state index < -0.39 is 6.04 Å². The SMILES string of the molecule is O=C(C1CCC(=O)N1c1ccccc1)N1CCN(CCc2ccc(F)cc2)CC1. The third-order valence-electron chi connectivity index (χ3n) is 5.85. The highest BCUT2D eigenvalue weighted by Crippen LogP contribution is 2.28. The van der Waals surface area contributed by atoms with Gasteiger partial charge < -0.3 is 4.90 Å². The Morgan fingerprint density at radius 3 is 2.34 bits per heavy atom. The molecule has 0 aromatic heterocycles. The number of nitrogens with zero attached hydrogens (tertiary/aromatic N) is 3.